The smallest absolute Gasteiger partial charge is 0.123 e. The van der Waals surface area contributed by atoms with Crippen LogP contribution in [0.15, 0.2) is 84.9 Å². The largest absolute Gasteiger partial charge is 0.507 e. The molecule has 2 heteroatoms. The minimum absolute atomic E-state index is 0.311. The number of allylic oxidation sites excluding steroid dienone is 2. The van der Waals surface area contributed by atoms with Crippen LogP contribution in [0.3, 0.4) is 0 Å². The minimum Gasteiger partial charge on any atom is -0.507 e. The Kier molecular flexibility index (Phi) is 5.62. The van der Waals surface area contributed by atoms with Crippen LogP contribution in [0.25, 0.3) is 33.7 Å². The number of phenols is 2. The second-order valence-electron chi connectivity index (χ2n) is 7.17. The number of hydrogen-bond donors (Lipinski definition) is 2. The van der Waals surface area contributed by atoms with Crippen LogP contribution in [-0.2, 0) is 0 Å². The van der Waals surface area contributed by atoms with E-state index >= 15 is 0 Å². The second kappa shape index (κ2) is 8.66. The van der Waals surface area contributed by atoms with E-state index in [2.05, 4.69) is 24.3 Å². The molecule has 0 aromatic heterocycles. The van der Waals surface area contributed by atoms with Crippen molar-refractivity contribution in [1.29, 1.82) is 0 Å². The fourth-order valence-corrected chi connectivity index (χ4v) is 3.67. The molecule has 0 saturated carbocycles. The predicted octanol–water partition coefficient (Wildman–Crippen LogP) is 7.30. The first kappa shape index (κ1) is 18.8. The average molecular weight is 380 g/mol. The van der Waals surface area contributed by atoms with Crippen molar-refractivity contribution >= 4 is 33.7 Å². The van der Waals surface area contributed by atoms with Crippen LogP contribution in [0.5, 0.6) is 11.5 Å². The van der Waals surface area contributed by atoms with Crippen LogP contribution in [-0.4, -0.2) is 10.2 Å². The Morgan fingerprint density at radius 2 is 1.00 bits per heavy atom. The van der Waals surface area contributed by atoms with E-state index < -0.39 is 0 Å². The zero-order valence-electron chi connectivity index (χ0n) is 16.3. The molecule has 4 rings (SSSR count). The third-order valence-corrected chi connectivity index (χ3v) is 5.21. The number of unbranched alkanes of at least 4 members (excludes halogenated alkanes) is 2. The summed E-state index contributed by atoms with van der Waals surface area (Å²) in [6.07, 6.45) is 11.1. The summed E-state index contributed by atoms with van der Waals surface area (Å²) in [6, 6.07) is 23.6. The van der Waals surface area contributed by atoms with E-state index in [1.807, 2.05) is 60.7 Å². The van der Waals surface area contributed by atoms with E-state index in [1.165, 1.54) is 0 Å². The molecule has 0 aliphatic carbocycles. The first-order valence-corrected chi connectivity index (χ1v) is 9.98. The van der Waals surface area contributed by atoms with E-state index in [4.69, 9.17) is 0 Å². The van der Waals surface area contributed by atoms with Crippen molar-refractivity contribution in [2.24, 2.45) is 0 Å². The van der Waals surface area contributed by atoms with Gasteiger partial charge in [-0.25, -0.2) is 0 Å². The molecular formula is C27H24O2. The second-order valence-corrected chi connectivity index (χ2v) is 7.17. The average Bonchev–Trinajstić information content (AvgIpc) is 2.75. The molecule has 4 aromatic rings. The lowest BCUT2D eigenvalue weighted by molar-refractivity contribution is 0.474. The van der Waals surface area contributed by atoms with E-state index in [1.54, 1.807) is 12.1 Å². The van der Waals surface area contributed by atoms with Crippen LogP contribution < -0.4 is 0 Å². The summed E-state index contributed by atoms with van der Waals surface area (Å²) in [6.45, 7) is 0. The van der Waals surface area contributed by atoms with Crippen molar-refractivity contribution in [2.75, 3.05) is 0 Å². The highest BCUT2D eigenvalue weighted by Gasteiger charge is 2.04. The van der Waals surface area contributed by atoms with Gasteiger partial charge < -0.3 is 10.2 Å². The van der Waals surface area contributed by atoms with Gasteiger partial charge in [-0.05, 0) is 52.9 Å². The summed E-state index contributed by atoms with van der Waals surface area (Å²) in [7, 11) is 0. The fourth-order valence-electron chi connectivity index (χ4n) is 3.67. The van der Waals surface area contributed by atoms with Gasteiger partial charge in [0.2, 0.25) is 0 Å². The molecule has 2 N–H and O–H groups in total. The van der Waals surface area contributed by atoms with Crippen molar-refractivity contribution < 1.29 is 10.2 Å². The maximum Gasteiger partial charge on any atom is 0.123 e. The molecule has 0 radical (unpaired) electrons. The molecule has 0 heterocycles. The van der Waals surface area contributed by atoms with Crippen molar-refractivity contribution in [3.63, 3.8) is 0 Å². The quantitative estimate of drug-likeness (QED) is 0.344. The van der Waals surface area contributed by atoms with Gasteiger partial charge in [0.1, 0.15) is 11.5 Å². The zero-order chi connectivity index (χ0) is 20.1. The summed E-state index contributed by atoms with van der Waals surface area (Å²) in [5, 5.41) is 24.8. The van der Waals surface area contributed by atoms with Gasteiger partial charge in [-0.3, -0.25) is 0 Å². The van der Waals surface area contributed by atoms with Crippen LogP contribution >= 0.6 is 0 Å². The Labute approximate surface area is 171 Å². The number of phenolic OH excluding ortho intramolecular Hbond substituents is 2. The molecule has 0 aliphatic heterocycles. The van der Waals surface area contributed by atoms with Gasteiger partial charge in [-0.1, -0.05) is 85.0 Å². The highest BCUT2D eigenvalue weighted by atomic mass is 16.3. The van der Waals surface area contributed by atoms with Crippen LogP contribution in [0.2, 0.25) is 0 Å². The van der Waals surface area contributed by atoms with Crippen LogP contribution in [0.1, 0.15) is 30.4 Å². The summed E-state index contributed by atoms with van der Waals surface area (Å²) < 4.78 is 0. The summed E-state index contributed by atoms with van der Waals surface area (Å²) in [5.74, 6) is 0.623. The van der Waals surface area contributed by atoms with Gasteiger partial charge in [-0.2, -0.15) is 0 Å². The van der Waals surface area contributed by atoms with Crippen LogP contribution in [0, 0.1) is 0 Å². The van der Waals surface area contributed by atoms with Crippen molar-refractivity contribution in [1.82, 2.24) is 0 Å². The molecule has 0 fully saturated rings. The summed E-state index contributed by atoms with van der Waals surface area (Å²) >= 11 is 0. The molecule has 0 aliphatic rings. The van der Waals surface area contributed by atoms with Crippen molar-refractivity contribution in [3.8, 4) is 11.5 Å². The number of hydrogen-bond acceptors (Lipinski definition) is 2. The van der Waals surface area contributed by atoms with Gasteiger partial charge >= 0.3 is 0 Å². The predicted molar refractivity (Wildman–Crippen MR) is 123 cm³/mol. The standard InChI is InChI=1S/C27H24O2/c28-26-18-16-20-10-6-8-12-22(20)24(26)14-4-2-1-3-5-15-25-23-13-9-7-11-21(23)17-19-27(25)29/h4-19,28-29H,1-3H2. The first-order chi connectivity index (χ1) is 14.2. The third-order valence-electron chi connectivity index (χ3n) is 5.21. The van der Waals surface area contributed by atoms with Gasteiger partial charge in [0.25, 0.3) is 0 Å². The van der Waals surface area contributed by atoms with Gasteiger partial charge in [0.05, 0.1) is 0 Å². The Hall–Kier alpha value is -3.52. The summed E-state index contributed by atoms with van der Waals surface area (Å²) in [4.78, 5) is 0. The van der Waals surface area contributed by atoms with Crippen LogP contribution in [0.4, 0.5) is 0 Å². The molecule has 4 aromatic carbocycles. The topological polar surface area (TPSA) is 40.5 Å². The van der Waals surface area contributed by atoms with E-state index in [0.29, 0.717) is 11.5 Å². The molecule has 0 atom stereocenters. The highest BCUT2D eigenvalue weighted by Crippen LogP contribution is 2.29. The fraction of sp³-hybridized carbons (Fsp3) is 0.111. The monoisotopic (exact) mass is 380 g/mol. The lowest BCUT2D eigenvalue weighted by atomic mass is 10.0. The normalized spacial score (nSPS) is 11.9. The van der Waals surface area contributed by atoms with E-state index in [9.17, 15) is 10.2 Å². The molecule has 0 unspecified atom stereocenters. The molecule has 0 bridgehead atoms. The Morgan fingerprint density at radius 3 is 1.48 bits per heavy atom. The maximum absolute atomic E-state index is 10.2. The first-order valence-electron chi connectivity index (χ1n) is 9.98. The lowest BCUT2D eigenvalue weighted by Gasteiger charge is -2.05. The SMILES string of the molecule is Oc1ccc2ccccc2c1C=CCCCC=Cc1c(O)ccc2ccccc12. The van der Waals surface area contributed by atoms with E-state index in [-0.39, 0.29) is 0 Å². The number of benzene rings is 4. The third kappa shape index (κ3) is 4.17. The number of aromatic hydroxyl groups is 2. The molecule has 144 valence electrons. The molecule has 0 saturated heterocycles. The van der Waals surface area contributed by atoms with Gasteiger partial charge in [-0.15, -0.1) is 0 Å². The Morgan fingerprint density at radius 1 is 0.552 bits per heavy atom. The Balaban J connectivity index is 1.39. The molecule has 0 spiro atoms. The maximum atomic E-state index is 10.2. The molecule has 0 amide bonds. The van der Waals surface area contributed by atoms with Gasteiger partial charge in [0.15, 0.2) is 0 Å². The van der Waals surface area contributed by atoms with Gasteiger partial charge in [0, 0.05) is 11.1 Å². The van der Waals surface area contributed by atoms with Crippen molar-refractivity contribution in [2.45, 2.75) is 19.3 Å². The van der Waals surface area contributed by atoms with Crippen molar-refractivity contribution in [3.05, 3.63) is 96.1 Å². The number of rotatable bonds is 6. The molecule has 2 nitrogen and oxygen atoms in total. The number of fused-ring (bicyclic) bond motifs is 2. The zero-order valence-corrected chi connectivity index (χ0v) is 16.3. The molecule has 29 heavy (non-hydrogen) atoms. The minimum atomic E-state index is 0.311. The Bertz CT molecular complexity index is 1110. The lowest BCUT2D eigenvalue weighted by Crippen LogP contribution is -1.81. The van der Waals surface area contributed by atoms with E-state index in [0.717, 1.165) is 51.9 Å². The molecular weight excluding hydrogens is 356 g/mol. The summed E-state index contributed by atoms with van der Waals surface area (Å²) in [5.41, 5.74) is 1.75. The highest BCUT2D eigenvalue weighted by molar-refractivity contribution is 5.93.